The molecule has 0 radical (unpaired) electrons. The van der Waals surface area contributed by atoms with Gasteiger partial charge in [-0.25, -0.2) is 4.98 Å². The Morgan fingerprint density at radius 1 is 0.370 bits per heavy atom. The summed E-state index contributed by atoms with van der Waals surface area (Å²) in [5.41, 5.74) is 11.4. The molecule has 0 aliphatic heterocycles. The van der Waals surface area contributed by atoms with E-state index in [1.807, 2.05) is 72.8 Å². The van der Waals surface area contributed by atoms with Crippen molar-refractivity contribution in [3.63, 3.8) is 0 Å². The van der Waals surface area contributed by atoms with E-state index in [-0.39, 0.29) is 0 Å². The maximum absolute atomic E-state index is 10.9. The lowest BCUT2D eigenvalue weighted by Crippen LogP contribution is -2.02. The van der Waals surface area contributed by atoms with Crippen molar-refractivity contribution in [3.8, 4) is 57.2 Å². The highest BCUT2D eigenvalue weighted by Crippen LogP contribution is 2.43. The number of rotatable bonds is 5. The molecule has 7 aromatic carbocycles. The zero-order valence-electron chi connectivity index (χ0n) is 29.0. The first-order valence-electron chi connectivity index (χ1n) is 17.8. The van der Waals surface area contributed by atoms with Crippen LogP contribution in [0, 0.1) is 22.7 Å². The molecule has 0 amide bonds. The first-order valence-corrected chi connectivity index (χ1v) is 17.8. The summed E-state index contributed by atoms with van der Waals surface area (Å²) in [5.74, 6) is 0. The molecule has 3 aromatic heterocycles. The maximum Gasteiger partial charge on any atom is 0.102 e. The molecule has 0 spiro atoms. The van der Waals surface area contributed by atoms with Gasteiger partial charge in [-0.3, -0.25) is 0 Å². The second kappa shape index (κ2) is 12.5. The average Bonchev–Trinajstić information content (AvgIpc) is 3.74. The Labute approximate surface area is 311 Å². The molecule has 0 fully saturated rings. The van der Waals surface area contributed by atoms with Crippen molar-refractivity contribution in [3.05, 3.63) is 187 Å². The van der Waals surface area contributed by atoms with Gasteiger partial charge < -0.3 is 9.13 Å². The average molecular weight is 688 g/mol. The van der Waals surface area contributed by atoms with Crippen LogP contribution in [0.15, 0.2) is 176 Å². The van der Waals surface area contributed by atoms with Gasteiger partial charge in [-0.05, 0) is 60.2 Å². The normalized spacial score (nSPS) is 11.3. The summed E-state index contributed by atoms with van der Waals surface area (Å²) in [6.07, 6.45) is 0. The predicted molar refractivity (Wildman–Crippen MR) is 219 cm³/mol. The molecule has 0 saturated heterocycles. The number of para-hydroxylation sites is 3. The quantitative estimate of drug-likeness (QED) is 0.181. The molecular weight excluding hydrogens is 659 g/mol. The topological polar surface area (TPSA) is 70.3 Å². The van der Waals surface area contributed by atoms with Crippen molar-refractivity contribution in [2.75, 3.05) is 0 Å². The smallest absolute Gasteiger partial charge is 0.102 e. The summed E-state index contributed by atoms with van der Waals surface area (Å²) in [6.45, 7) is 0. The summed E-state index contributed by atoms with van der Waals surface area (Å²) < 4.78 is 4.67. The van der Waals surface area contributed by atoms with Crippen molar-refractivity contribution in [1.82, 2.24) is 14.1 Å². The predicted octanol–water partition coefficient (Wildman–Crippen LogP) is 12.0. The Morgan fingerprint density at radius 3 is 1.39 bits per heavy atom. The Balaban J connectivity index is 1.32. The summed E-state index contributed by atoms with van der Waals surface area (Å²) in [5, 5.41) is 26.0. The van der Waals surface area contributed by atoms with Crippen LogP contribution in [-0.4, -0.2) is 14.1 Å². The lowest BCUT2D eigenvalue weighted by atomic mass is 9.89. The number of hydrogen-bond donors (Lipinski definition) is 0. The fourth-order valence-corrected chi connectivity index (χ4v) is 8.05. The van der Waals surface area contributed by atoms with Crippen molar-refractivity contribution in [2.24, 2.45) is 0 Å². The molecule has 5 nitrogen and oxygen atoms in total. The summed E-state index contributed by atoms with van der Waals surface area (Å²) in [7, 11) is 0. The van der Waals surface area contributed by atoms with Crippen LogP contribution in [0.4, 0.5) is 0 Å². The molecule has 0 aliphatic rings. The van der Waals surface area contributed by atoms with Gasteiger partial charge in [0.05, 0.1) is 44.6 Å². The fraction of sp³-hybridized carbons (Fsp3) is 0. The van der Waals surface area contributed by atoms with Gasteiger partial charge in [0, 0.05) is 49.6 Å². The third kappa shape index (κ3) is 4.74. The largest absolute Gasteiger partial charge is 0.309 e. The van der Waals surface area contributed by atoms with Crippen LogP contribution in [-0.2, 0) is 0 Å². The second-order valence-corrected chi connectivity index (χ2v) is 13.4. The molecule has 0 aliphatic carbocycles. The summed E-state index contributed by atoms with van der Waals surface area (Å²) >= 11 is 0. The molecule has 0 unspecified atom stereocenters. The molecule has 0 atom stereocenters. The van der Waals surface area contributed by atoms with E-state index in [0.717, 1.165) is 60.9 Å². The van der Waals surface area contributed by atoms with Crippen LogP contribution in [0.2, 0.25) is 0 Å². The minimum atomic E-state index is 0.371. The molecule has 0 N–H and O–H groups in total. The van der Waals surface area contributed by atoms with Crippen molar-refractivity contribution in [1.29, 1.82) is 10.5 Å². The van der Waals surface area contributed by atoms with E-state index in [0.29, 0.717) is 28.1 Å². The number of hydrogen-bond acceptors (Lipinski definition) is 3. The second-order valence-electron chi connectivity index (χ2n) is 13.4. The third-order valence-electron chi connectivity index (χ3n) is 10.4. The number of aromatic nitrogens is 3. The van der Waals surface area contributed by atoms with E-state index in [9.17, 15) is 10.5 Å². The Bertz CT molecular complexity index is 3150. The first-order chi connectivity index (χ1) is 26.7. The molecule has 5 heteroatoms. The van der Waals surface area contributed by atoms with E-state index >= 15 is 0 Å². The van der Waals surface area contributed by atoms with E-state index in [1.165, 1.54) is 10.8 Å². The molecule has 0 bridgehead atoms. The zero-order chi connectivity index (χ0) is 36.2. The summed E-state index contributed by atoms with van der Waals surface area (Å²) in [6, 6.07) is 64.8. The van der Waals surface area contributed by atoms with Crippen LogP contribution in [0.3, 0.4) is 0 Å². The van der Waals surface area contributed by atoms with E-state index in [1.54, 1.807) is 0 Å². The Morgan fingerprint density at radius 2 is 0.815 bits per heavy atom. The van der Waals surface area contributed by atoms with Gasteiger partial charge in [-0.1, -0.05) is 121 Å². The minimum Gasteiger partial charge on any atom is -0.309 e. The van der Waals surface area contributed by atoms with Gasteiger partial charge in [0.2, 0.25) is 0 Å². The first kappa shape index (κ1) is 31.0. The third-order valence-corrected chi connectivity index (χ3v) is 10.4. The number of nitrogens with zero attached hydrogens (tertiary/aromatic N) is 5. The molecule has 0 saturated carbocycles. The molecular formula is C49H29N5. The number of fused-ring (bicyclic) bond motifs is 6. The van der Waals surface area contributed by atoms with Gasteiger partial charge in [0.15, 0.2) is 0 Å². The highest BCUT2D eigenvalue weighted by atomic mass is 15.0. The highest BCUT2D eigenvalue weighted by molar-refractivity contribution is 6.19. The van der Waals surface area contributed by atoms with E-state index < -0.39 is 0 Å². The van der Waals surface area contributed by atoms with Crippen LogP contribution in [0.1, 0.15) is 11.1 Å². The number of pyridine rings is 1. The van der Waals surface area contributed by atoms with Crippen molar-refractivity contribution >= 4 is 43.6 Å². The number of benzene rings is 7. The molecule has 10 rings (SSSR count). The summed E-state index contributed by atoms with van der Waals surface area (Å²) in [4.78, 5) is 5.17. The van der Waals surface area contributed by atoms with Crippen molar-refractivity contribution < 1.29 is 0 Å². The van der Waals surface area contributed by atoms with E-state index in [2.05, 4.69) is 124 Å². The molecule has 3 heterocycles. The monoisotopic (exact) mass is 687 g/mol. The zero-order valence-corrected chi connectivity index (χ0v) is 29.0. The Kier molecular flexibility index (Phi) is 7.18. The van der Waals surface area contributed by atoms with Crippen LogP contribution in [0.25, 0.3) is 88.6 Å². The molecule has 10 aromatic rings. The van der Waals surface area contributed by atoms with Crippen LogP contribution >= 0.6 is 0 Å². The Hall–Kier alpha value is -7.73. The number of nitriles is 2. The minimum absolute atomic E-state index is 0.371. The van der Waals surface area contributed by atoms with Crippen LogP contribution < -0.4 is 0 Å². The van der Waals surface area contributed by atoms with Gasteiger partial charge in [0.25, 0.3) is 0 Å². The van der Waals surface area contributed by atoms with E-state index in [4.69, 9.17) is 4.98 Å². The van der Waals surface area contributed by atoms with Crippen LogP contribution in [0.5, 0.6) is 0 Å². The van der Waals surface area contributed by atoms with Gasteiger partial charge >= 0.3 is 0 Å². The molecule has 54 heavy (non-hydrogen) atoms. The fourth-order valence-electron chi connectivity index (χ4n) is 8.05. The van der Waals surface area contributed by atoms with Gasteiger partial charge in [-0.15, -0.1) is 0 Å². The van der Waals surface area contributed by atoms with Crippen molar-refractivity contribution in [2.45, 2.75) is 0 Å². The lowest BCUT2D eigenvalue weighted by Gasteiger charge is -2.16. The molecule has 250 valence electrons. The maximum atomic E-state index is 10.9. The van der Waals surface area contributed by atoms with Gasteiger partial charge in [0.1, 0.15) is 12.1 Å². The standard InChI is InChI=1S/C49H29N5/c50-30-41-47(32-15-5-1-6-16-32)42(31-51)49(52-48(41)33-17-7-2-8-18-33)34-25-26-44-38(27-34)40-29-45-39(28-46(40)54(44)36-21-11-4-12-22-36)37-23-13-14-24-43(37)53(45)35-19-9-3-10-20-35/h1-29H. The lowest BCUT2D eigenvalue weighted by molar-refractivity contribution is 1.17. The van der Waals surface area contributed by atoms with Gasteiger partial charge in [-0.2, -0.15) is 10.5 Å². The SMILES string of the molecule is N#Cc1c(-c2ccccc2)nc(-c2ccc3c(c2)c2cc4c(cc2n3-c2ccccc2)c2ccccc2n4-c2ccccc2)c(C#N)c1-c1ccccc1. The highest BCUT2D eigenvalue weighted by Gasteiger charge is 2.25.